The summed E-state index contributed by atoms with van der Waals surface area (Å²) in [5.41, 5.74) is 0.475. The molecule has 0 aromatic heterocycles. The summed E-state index contributed by atoms with van der Waals surface area (Å²) in [6.07, 6.45) is 6.05. The van der Waals surface area contributed by atoms with E-state index in [1.54, 1.807) is 16.4 Å². The SMILES string of the molecule is CC1CCCCN1S(=O)(=O)c1ccc(C(=O)NCCC2CCCO2)cc1. The van der Waals surface area contributed by atoms with Crippen molar-refractivity contribution in [3.63, 3.8) is 0 Å². The van der Waals surface area contributed by atoms with Gasteiger partial charge in [0.2, 0.25) is 10.0 Å². The van der Waals surface area contributed by atoms with Crippen LogP contribution in [0.15, 0.2) is 29.2 Å². The van der Waals surface area contributed by atoms with Crippen molar-refractivity contribution in [2.24, 2.45) is 0 Å². The zero-order valence-corrected chi connectivity index (χ0v) is 16.1. The average molecular weight is 381 g/mol. The number of piperidine rings is 1. The normalized spacial score (nSPS) is 24.5. The molecule has 0 saturated carbocycles. The number of benzene rings is 1. The number of carbonyl (C=O) groups excluding carboxylic acids is 1. The standard InChI is InChI=1S/C19H28N2O4S/c1-15-5-2-3-13-21(15)26(23,24)18-9-7-16(8-10-18)19(22)20-12-11-17-6-4-14-25-17/h7-10,15,17H,2-6,11-14H2,1H3,(H,20,22). The van der Waals surface area contributed by atoms with E-state index in [1.165, 1.54) is 12.1 Å². The predicted octanol–water partition coefficient (Wildman–Crippen LogP) is 2.55. The molecule has 2 aliphatic heterocycles. The topological polar surface area (TPSA) is 75.7 Å². The summed E-state index contributed by atoms with van der Waals surface area (Å²) in [6.45, 7) is 3.89. The summed E-state index contributed by atoms with van der Waals surface area (Å²) < 4.78 is 32.7. The van der Waals surface area contributed by atoms with Crippen LogP contribution in [-0.2, 0) is 14.8 Å². The van der Waals surface area contributed by atoms with Gasteiger partial charge in [0.25, 0.3) is 5.91 Å². The highest BCUT2D eigenvalue weighted by Crippen LogP contribution is 2.25. The fourth-order valence-electron chi connectivity index (χ4n) is 3.66. The Bertz CT molecular complexity index is 712. The molecule has 2 fully saturated rings. The summed E-state index contributed by atoms with van der Waals surface area (Å²) in [4.78, 5) is 12.5. The van der Waals surface area contributed by atoms with Crippen molar-refractivity contribution in [2.45, 2.75) is 62.5 Å². The van der Waals surface area contributed by atoms with Crippen LogP contribution in [0, 0.1) is 0 Å². The first-order valence-electron chi connectivity index (χ1n) is 9.50. The smallest absolute Gasteiger partial charge is 0.251 e. The third kappa shape index (κ3) is 4.45. The molecule has 2 atom stereocenters. The van der Waals surface area contributed by atoms with Crippen LogP contribution in [0.25, 0.3) is 0 Å². The van der Waals surface area contributed by atoms with Gasteiger partial charge in [-0.05, 0) is 63.3 Å². The molecule has 0 aliphatic carbocycles. The van der Waals surface area contributed by atoms with Crippen molar-refractivity contribution in [3.05, 3.63) is 29.8 Å². The fourth-order valence-corrected chi connectivity index (χ4v) is 5.36. The number of rotatable bonds is 6. The van der Waals surface area contributed by atoms with Crippen molar-refractivity contribution >= 4 is 15.9 Å². The minimum Gasteiger partial charge on any atom is -0.378 e. The van der Waals surface area contributed by atoms with Gasteiger partial charge in [-0.15, -0.1) is 0 Å². The van der Waals surface area contributed by atoms with Gasteiger partial charge in [-0.25, -0.2) is 8.42 Å². The first kappa shape index (κ1) is 19.3. The number of ether oxygens (including phenoxy) is 1. The molecule has 1 aromatic carbocycles. The summed E-state index contributed by atoms with van der Waals surface area (Å²) >= 11 is 0. The molecule has 0 bridgehead atoms. The lowest BCUT2D eigenvalue weighted by Gasteiger charge is -2.32. The lowest BCUT2D eigenvalue weighted by atomic mass is 10.1. The molecule has 144 valence electrons. The molecule has 3 rings (SSSR count). The Hall–Kier alpha value is -1.44. The van der Waals surface area contributed by atoms with E-state index in [4.69, 9.17) is 4.74 Å². The quantitative estimate of drug-likeness (QED) is 0.823. The van der Waals surface area contributed by atoms with Gasteiger partial charge in [0, 0.05) is 31.3 Å². The Balaban J connectivity index is 1.59. The maximum Gasteiger partial charge on any atom is 0.251 e. The monoisotopic (exact) mass is 380 g/mol. The number of carbonyl (C=O) groups is 1. The molecule has 2 unspecified atom stereocenters. The molecule has 26 heavy (non-hydrogen) atoms. The summed E-state index contributed by atoms with van der Waals surface area (Å²) in [5, 5.41) is 2.88. The van der Waals surface area contributed by atoms with E-state index in [0.717, 1.165) is 45.1 Å². The molecule has 1 amide bonds. The van der Waals surface area contributed by atoms with Crippen molar-refractivity contribution in [2.75, 3.05) is 19.7 Å². The Labute approximate surface area is 156 Å². The zero-order valence-electron chi connectivity index (χ0n) is 15.3. The van der Waals surface area contributed by atoms with Crippen LogP contribution in [0.5, 0.6) is 0 Å². The number of nitrogens with one attached hydrogen (secondary N) is 1. The molecule has 0 radical (unpaired) electrons. The Morgan fingerprint density at radius 1 is 1.19 bits per heavy atom. The Morgan fingerprint density at radius 2 is 1.96 bits per heavy atom. The van der Waals surface area contributed by atoms with Gasteiger partial charge in [0.15, 0.2) is 0 Å². The second kappa shape index (κ2) is 8.50. The second-order valence-electron chi connectivity index (χ2n) is 7.16. The maximum atomic E-state index is 12.8. The maximum absolute atomic E-state index is 12.8. The molecule has 1 aromatic rings. The fraction of sp³-hybridized carbons (Fsp3) is 0.632. The van der Waals surface area contributed by atoms with E-state index in [1.807, 2.05) is 6.92 Å². The van der Waals surface area contributed by atoms with Crippen molar-refractivity contribution in [1.29, 1.82) is 0 Å². The van der Waals surface area contributed by atoms with Crippen LogP contribution in [0.1, 0.15) is 55.8 Å². The van der Waals surface area contributed by atoms with E-state index in [2.05, 4.69) is 5.32 Å². The van der Waals surface area contributed by atoms with E-state index in [0.29, 0.717) is 18.7 Å². The van der Waals surface area contributed by atoms with Gasteiger partial charge in [-0.2, -0.15) is 4.31 Å². The molecular formula is C19H28N2O4S. The second-order valence-corrected chi connectivity index (χ2v) is 9.06. The van der Waals surface area contributed by atoms with Gasteiger partial charge in [-0.3, -0.25) is 4.79 Å². The number of hydrogen-bond donors (Lipinski definition) is 1. The lowest BCUT2D eigenvalue weighted by Crippen LogP contribution is -2.41. The van der Waals surface area contributed by atoms with E-state index < -0.39 is 10.0 Å². The molecule has 6 nitrogen and oxygen atoms in total. The predicted molar refractivity (Wildman–Crippen MR) is 99.6 cm³/mol. The molecule has 1 N–H and O–H groups in total. The molecule has 7 heteroatoms. The Kier molecular flexibility index (Phi) is 6.32. The lowest BCUT2D eigenvalue weighted by molar-refractivity contribution is 0.0907. The minimum absolute atomic E-state index is 0.0227. The van der Waals surface area contributed by atoms with Crippen LogP contribution in [0.4, 0.5) is 0 Å². The van der Waals surface area contributed by atoms with Crippen molar-refractivity contribution in [3.8, 4) is 0 Å². The molecule has 2 aliphatic rings. The molecular weight excluding hydrogens is 352 g/mol. The number of hydrogen-bond acceptors (Lipinski definition) is 4. The number of sulfonamides is 1. The third-order valence-corrected chi connectivity index (χ3v) is 7.27. The van der Waals surface area contributed by atoms with Gasteiger partial charge in [-0.1, -0.05) is 6.42 Å². The number of amides is 1. The minimum atomic E-state index is -3.50. The highest BCUT2D eigenvalue weighted by Gasteiger charge is 2.30. The van der Waals surface area contributed by atoms with E-state index in [-0.39, 0.29) is 22.9 Å². The largest absolute Gasteiger partial charge is 0.378 e. The Morgan fingerprint density at radius 3 is 2.62 bits per heavy atom. The molecule has 2 heterocycles. The van der Waals surface area contributed by atoms with Gasteiger partial charge < -0.3 is 10.1 Å². The zero-order chi connectivity index (χ0) is 18.6. The molecule has 2 saturated heterocycles. The van der Waals surface area contributed by atoms with Crippen LogP contribution >= 0.6 is 0 Å². The van der Waals surface area contributed by atoms with Gasteiger partial charge >= 0.3 is 0 Å². The van der Waals surface area contributed by atoms with Crippen LogP contribution < -0.4 is 5.32 Å². The third-order valence-electron chi connectivity index (χ3n) is 5.24. The van der Waals surface area contributed by atoms with Gasteiger partial charge in [0.1, 0.15) is 0 Å². The first-order valence-corrected chi connectivity index (χ1v) is 10.9. The summed E-state index contributed by atoms with van der Waals surface area (Å²) in [6, 6.07) is 6.26. The van der Waals surface area contributed by atoms with Crippen LogP contribution in [0.3, 0.4) is 0 Å². The van der Waals surface area contributed by atoms with E-state index >= 15 is 0 Å². The van der Waals surface area contributed by atoms with Crippen LogP contribution in [0.2, 0.25) is 0 Å². The van der Waals surface area contributed by atoms with Crippen molar-refractivity contribution in [1.82, 2.24) is 9.62 Å². The summed E-state index contributed by atoms with van der Waals surface area (Å²) in [5.74, 6) is -0.182. The highest BCUT2D eigenvalue weighted by atomic mass is 32.2. The van der Waals surface area contributed by atoms with Gasteiger partial charge in [0.05, 0.1) is 11.0 Å². The van der Waals surface area contributed by atoms with Crippen molar-refractivity contribution < 1.29 is 17.9 Å². The highest BCUT2D eigenvalue weighted by molar-refractivity contribution is 7.89. The van der Waals surface area contributed by atoms with E-state index in [9.17, 15) is 13.2 Å². The molecule has 0 spiro atoms. The van der Waals surface area contributed by atoms with Crippen LogP contribution in [-0.4, -0.2) is 50.5 Å². The first-order chi connectivity index (χ1) is 12.5. The number of nitrogens with zero attached hydrogens (tertiary/aromatic N) is 1. The summed E-state index contributed by atoms with van der Waals surface area (Å²) in [7, 11) is -3.50. The average Bonchev–Trinajstić information content (AvgIpc) is 3.15.